The van der Waals surface area contributed by atoms with Crippen LogP contribution in [0.3, 0.4) is 0 Å². The minimum Gasteiger partial charge on any atom is -0.426 e. The van der Waals surface area contributed by atoms with Crippen molar-refractivity contribution in [3.63, 3.8) is 0 Å². The Hall–Kier alpha value is -2.80. The second kappa shape index (κ2) is 8.05. The predicted molar refractivity (Wildman–Crippen MR) is 102 cm³/mol. The van der Waals surface area contributed by atoms with Gasteiger partial charge >= 0.3 is 5.97 Å². The first-order valence-corrected chi connectivity index (χ1v) is 8.56. The Morgan fingerprint density at radius 1 is 0.923 bits per heavy atom. The number of halogens is 2. The molecule has 0 N–H and O–H groups in total. The van der Waals surface area contributed by atoms with Crippen LogP contribution in [0, 0.1) is 11.3 Å². The molecule has 0 fully saturated rings. The molecule has 26 heavy (non-hydrogen) atoms. The van der Waals surface area contributed by atoms with Crippen LogP contribution in [0.15, 0.2) is 66.7 Å². The average Bonchev–Trinajstić information content (AvgIpc) is 2.65. The fraction of sp³-hybridized carbons (Fsp3) is 0.0476. The second-order valence-corrected chi connectivity index (χ2v) is 6.44. The van der Waals surface area contributed by atoms with E-state index in [9.17, 15) is 4.79 Å². The normalized spacial score (nSPS) is 10.2. The molecule has 0 aliphatic rings. The molecule has 0 saturated carbocycles. The predicted octanol–water partition coefficient (Wildman–Crippen LogP) is 5.68. The summed E-state index contributed by atoms with van der Waals surface area (Å²) in [6.07, 6.45) is 0.0629. The Bertz CT molecular complexity index is 974. The Morgan fingerprint density at radius 3 is 2.12 bits per heavy atom. The van der Waals surface area contributed by atoms with Crippen LogP contribution < -0.4 is 4.74 Å². The first kappa shape index (κ1) is 18.0. The Labute approximate surface area is 161 Å². The first-order chi connectivity index (χ1) is 12.5. The van der Waals surface area contributed by atoms with Crippen LogP contribution in [0.25, 0.3) is 11.1 Å². The lowest BCUT2D eigenvalue weighted by Gasteiger charge is -2.07. The van der Waals surface area contributed by atoms with Crippen molar-refractivity contribution in [1.29, 1.82) is 5.26 Å². The minimum absolute atomic E-state index is 0.0629. The number of hydrogen-bond acceptors (Lipinski definition) is 3. The molecule has 0 spiro atoms. The van der Waals surface area contributed by atoms with E-state index in [0.717, 1.165) is 11.1 Å². The smallest absolute Gasteiger partial charge is 0.315 e. The molecule has 0 atom stereocenters. The zero-order chi connectivity index (χ0) is 18.5. The lowest BCUT2D eigenvalue weighted by Crippen LogP contribution is -2.11. The van der Waals surface area contributed by atoms with Gasteiger partial charge in [-0.05, 0) is 53.1 Å². The summed E-state index contributed by atoms with van der Waals surface area (Å²) in [5.74, 6) is 0.0535. The molecule has 0 aromatic heterocycles. The molecule has 0 heterocycles. The van der Waals surface area contributed by atoms with Crippen LogP contribution in [0.5, 0.6) is 5.75 Å². The third-order valence-corrected chi connectivity index (χ3v) is 4.37. The maximum absolute atomic E-state index is 12.1. The van der Waals surface area contributed by atoms with Crippen LogP contribution in [0.1, 0.15) is 11.1 Å². The van der Waals surface area contributed by atoms with Gasteiger partial charge in [0, 0.05) is 10.0 Å². The molecule has 0 radical (unpaired) electrons. The van der Waals surface area contributed by atoms with Crippen molar-refractivity contribution < 1.29 is 9.53 Å². The number of carbonyl (C=O) groups excluding carboxylic acids is 1. The van der Waals surface area contributed by atoms with Gasteiger partial charge in [-0.3, -0.25) is 4.79 Å². The molecular weight excluding hydrogens is 369 g/mol. The zero-order valence-corrected chi connectivity index (χ0v) is 15.1. The van der Waals surface area contributed by atoms with Crippen molar-refractivity contribution in [2.45, 2.75) is 6.42 Å². The van der Waals surface area contributed by atoms with Crippen molar-refractivity contribution in [2.75, 3.05) is 0 Å². The molecule has 0 bridgehead atoms. The van der Waals surface area contributed by atoms with Crippen molar-refractivity contribution in [3.8, 4) is 22.9 Å². The van der Waals surface area contributed by atoms with Gasteiger partial charge in [0.2, 0.25) is 0 Å². The van der Waals surface area contributed by atoms with Gasteiger partial charge < -0.3 is 4.74 Å². The lowest BCUT2D eigenvalue weighted by molar-refractivity contribution is -0.133. The Balaban J connectivity index is 1.66. The molecule has 0 aliphatic carbocycles. The molecule has 3 aromatic carbocycles. The van der Waals surface area contributed by atoms with Crippen LogP contribution in [-0.2, 0) is 11.2 Å². The summed E-state index contributed by atoms with van der Waals surface area (Å²) < 4.78 is 5.36. The van der Waals surface area contributed by atoms with Crippen LogP contribution >= 0.6 is 23.2 Å². The lowest BCUT2D eigenvalue weighted by atomic mass is 10.0. The van der Waals surface area contributed by atoms with E-state index in [1.54, 1.807) is 42.5 Å². The van der Waals surface area contributed by atoms with E-state index in [-0.39, 0.29) is 6.42 Å². The van der Waals surface area contributed by atoms with Crippen molar-refractivity contribution in [2.24, 2.45) is 0 Å². The molecule has 0 amide bonds. The van der Waals surface area contributed by atoms with E-state index >= 15 is 0 Å². The quantitative estimate of drug-likeness (QED) is 0.431. The molecule has 3 rings (SSSR count). The molecule has 0 aliphatic heterocycles. The average molecular weight is 382 g/mol. The van der Waals surface area contributed by atoms with Gasteiger partial charge in [-0.15, -0.1) is 0 Å². The van der Waals surface area contributed by atoms with Crippen LogP contribution in [-0.4, -0.2) is 5.97 Å². The second-order valence-electron chi connectivity index (χ2n) is 5.60. The molecule has 3 nitrogen and oxygen atoms in total. The van der Waals surface area contributed by atoms with E-state index in [4.69, 9.17) is 33.2 Å². The number of rotatable bonds is 4. The van der Waals surface area contributed by atoms with E-state index < -0.39 is 5.97 Å². The van der Waals surface area contributed by atoms with Gasteiger partial charge in [0.05, 0.1) is 18.1 Å². The molecule has 0 unspecified atom stereocenters. The van der Waals surface area contributed by atoms with Crippen molar-refractivity contribution >= 4 is 29.2 Å². The first-order valence-electron chi connectivity index (χ1n) is 7.80. The highest BCUT2D eigenvalue weighted by Gasteiger charge is 2.10. The maximum Gasteiger partial charge on any atom is 0.315 e. The van der Waals surface area contributed by atoms with Crippen molar-refractivity contribution in [1.82, 2.24) is 0 Å². The van der Waals surface area contributed by atoms with Crippen molar-refractivity contribution in [3.05, 3.63) is 87.9 Å². The summed E-state index contributed by atoms with van der Waals surface area (Å²) in [7, 11) is 0. The number of nitriles is 1. The highest BCUT2D eigenvalue weighted by Crippen LogP contribution is 2.24. The summed E-state index contributed by atoms with van der Waals surface area (Å²) in [6, 6.07) is 21.5. The SMILES string of the molecule is N#Cc1ccc(-c2ccc(OC(=O)Cc3ccc(Cl)cc3Cl)cc2)cc1. The van der Waals surface area contributed by atoms with Gasteiger partial charge in [-0.2, -0.15) is 5.26 Å². The summed E-state index contributed by atoms with van der Waals surface area (Å²) in [6.45, 7) is 0. The third-order valence-electron chi connectivity index (χ3n) is 3.78. The number of carbonyl (C=O) groups is 1. The number of benzene rings is 3. The molecule has 0 saturated heterocycles. The van der Waals surface area contributed by atoms with Gasteiger partial charge in [-0.1, -0.05) is 53.5 Å². The fourth-order valence-electron chi connectivity index (χ4n) is 2.44. The van der Waals surface area contributed by atoms with E-state index in [2.05, 4.69) is 6.07 Å². The number of hydrogen-bond donors (Lipinski definition) is 0. The van der Waals surface area contributed by atoms with Gasteiger partial charge in [0.15, 0.2) is 0 Å². The number of ether oxygens (including phenoxy) is 1. The number of nitrogens with zero attached hydrogens (tertiary/aromatic N) is 1. The van der Waals surface area contributed by atoms with Crippen LogP contribution in [0.2, 0.25) is 10.0 Å². The minimum atomic E-state index is -0.402. The monoisotopic (exact) mass is 381 g/mol. The van der Waals surface area contributed by atoms with Gasteiger partial charge in [-0.25, -0.2) is 0 Å². The number of esters is 1. The highest BCUT2D eigenvalue weighted by atomic mass is 35.5. The Kier molecular flexibility index (Phi) is 5.58. The van der Waals surface area contributed by atoms with Crippen LogP contribution in [0.4, 0.5) is 0 Å². The third kappa shape index (κ3) is 4.43. The molecule has 128 valence electrons. The van der Waals surface area contributed by atoms with E-state index in [1.807, 2.05) is 24.3 Å². The van der Waals surface area contributed by atoms with Gasteiger partial charge in [0.25, 0.3) is 0 Å². The topological polar surface area (TPSA) is 50.1 Å². The molecule has 3 aromatic rings. The summed E-state index contributed by atoms with van der Waals surface area (Å²) in [5, 5.41) is 9.80. The summed E-state index contributed by atoms with van der Waals surface area (Å²) in [5.41, 5.74) is 3.22. The van der Waals surface area contributed by atoms with E-state index in [1.165, 1.54) is 0 Å². The van der Waals surface area contributed by atoms with E-state index in [0.29, 0.717) is 26.9 Å². The zero-order valence-electron chi connectivity index (χ0n) is 13.6. The fourth-order valence-corrected chi connectivity index (χ4v) is 2.92. The summed E-state index contributed by atoms with van der Waals surface area (Å²) >= 11 is 11.9. The molecule has 5 heteroatoms. The Morgan fingerprint density at radius 2 is 1.54 bits per heavy atom. The largest absolute Gasteiger partial charge is 0.426 e. The maximum atomic E-state index is 12.1. The summed E-state index contributed by atoms with van der Waals surface area (Å²) in [4.78, 5) is 12.1. The highest BCUT2D eigenvalue weighted by molar-refractivity contribution is 6.35. The molecular formula is C21H13Cl2NO2. The standard InChI is InChI=1S/C21H13Cl2NO2/c22-18-8-5-17(20(23)12-18)11-21(25)26-19-9-6-16(7-10-19)15-3-1-14(13-24)2-4-15/h1-10,12H,11H2. The van der Waals surface area contributed by atoms with Gasteiger partial charge in [0.1, 0.15) is 5.75 Å².